The molecule has 1 N–H and O–H groups in total. The van der Waals surface area contributed by atoms with E-state index in [0.29, 0.717) is 28.4 Å². The van der Waals surface area contributed by atoms with Gasteiger partial charge >= 0.3 is 11.9 Å². The van der Waals surface area contributed by atoms with E-state index >= 15 is 0 Å². The number of rotatable bonds is 5. The van der Waals surface area contributed by atoms with Crippen molar-refractivity contribution in [3.05, 3.63) is 64.8 Å². The molecule has 0 saturated heterocycles. The monoisotopic (exact) mass is 370 g/mol. The molecule has 3 aromatic rings. The number of nitrogens with zero attached hydrogens (tertiary/aromatic N) is 2. The Morgan fingerprint density at radius 3 is 2.81 bits per heavy atom. The van der Waals surface area contributed by atoms with E-state index in [0.717, 1.165) is 0 Å². The number of carbonyl (C=O) groups excluding carboxylic acids is 1. The van der Waals surface area contributed by atoms with Crippen LogP contribution in [0.15, 0.2) is 57.9 Å². The van der Waals surface area contributed by atoms with E-state index in [-0.39, 0.29) is 17.5 Å². The lowest BCUT2D eigenvalue weighted by Crippen LogP contribution is -2.03. The fourth-order valence-corrected chi connectivity index (χ4v) is 2.31. The quantitative estimate of drug-likeness (QED) is 0.523. The van der Waals surface area contributed by atoms with E-state index in [1.165, 1.54) is 6.21 Å². The molecule has 0 aliphatic rings. The summed E-state index contributed by atoms with van der Waals surface area (Å²) < 4.78 is 10.2. The van der Waals surface area contributed by atoms with Crippen molar-refractivity contribution in [1.82, 2.24) is 4.98 Å². The van der Waals surface area contributed by atoms with E-state index in [4.69, 9.17) is 20.8 Å². The number of halogens is 1. The molecule has 0 radical (unpaired) electrons. The molecule has 132 valence electrons. The summed E-state index contributed by atoms with van der Waals surface area (Å²) in [6.45, 7) is 2.04. The van der Waals surface area contributed by atoms with Gasteiger partial charge in [-0.3, -0.25) is 4.99 Å². The number of aromatic hydroxyl groups is 1. The minimum atomic E-state index is -0.418. The molecule has 3 rings (SSSR count). The van der Waals surface area contributed by atoms with Crippen molar-refractivity contribution >= 4 is 29.5 Å². The Balaban J connectivity index is 1.82. The first-order valence-corrected chi connectivity index (χ1v) is 8.21. The van der Waals surface area contributed by atoms with Crippen molar-refractivity contribution in [2.24, 2.45) is 4.99 Å². The Morgan fingerprint density at radius 1 is 1.31 bits per heavy atom. The molecule has 2 aromatic carbocycles. The molecule has 0 saturated carbocycles. The molecule has 0 aliphatic carbocycles. The van der Waals surface area contributed by atoms with Gasteiger partial charge < -0.3 is 14.3 Å². The zero-order valence-corrected chi connectivity index (χ0v) is 14.6. The summed E-state index contributed by atoms with van der Waals surface area (Å²) >= 11 is 5.85. The third-order valence-corrected chi connectivity index (χ3v) is 3.67. The minimum Gasteiger partial charge on any atom is -0.479 e. The third kappa shape index (κ3) is 4.10. The van der Waals surface area contributed by atoms with Crippen LogP contribution in [0.4, 0.5) is 5.69 Å². The number of aliphatic imine (C=N–C) groups is 1. The van der Waals surface area contributed by atoms with Crippen LogP contribution in [0.5, 0.6) is 5.95 Å². The van der Waals surface area contributed by atoms with Crippen molar-refractivity contribution in [2.45, 2.75) is 6.92 Å². The highest BCUT2D eigenvalue weighted by atomic mass is 35.5. The summed E-state index contributed by atoms with van der Waals surface area (Å²) in [5, 5.41) is 10.5. The fourth-order valence-electron chi connectivity index (χ4n) is 2.19. The standard InChI is InChI=1S/C19H15ClN2O4/c1-2-25-18(23)13-4-3-5-15(10-13)21-11-16-19(24)26-17(22-16)12-6-8-14(20)9-7-12/h3-11,24H,2H2,1H3. The molecular weight excluding hydrogens is 356 g/mol. The first-order chi connectivity index (χ1) is 12.6. The molecule has 0 bridgehead atoms. The largest absolute Gasteiger partial charge is 0.479 e. The first-order valence-electron chi connectivity index (χ1n) is 7.84. The summed E-state index contributed by atoms with van der Waals surface area (Å²) in [7, 11) is 0. The second-order valence-corrected chi connectivity index (χ2v) is 5.68. The zero-order valence-electron chi connectivity index (χ0n) is 13.8. The molecule has 0 amide bonds. The molecule has 0 fully saturated rings. The van der Waals surface area contributed by atoms with Crippen LogP contribution >= 0.6 is 11.6 Å². The number of ether oxygens (including phenoxy) is 1. The van der Waals surface area contributed by atoms with Crippen LogP contribution in [0.25, 0.3) is 11.5 Å². The predicted octanol–water partition coefficient (Wildman–Crippen LogP) is 4.63. The van der Waals surface area contributed by atoms with Crippen LogP contribution in [-0.4, -0.2) is 28.9 Å². The average molecular weight is 371 g/mol. The smallest absolute Gasteiger partial charge is 0.338 e. The first kappa shape index (κ1) is 17.7. The Morgan fingerprint density at radius 2 is 2.08 bits per heavy atom. The number of aromatic nitrogens is 1. The van der Waals surface area contributed by atoms with Crippen molar-refractivity contribution in [2.75, 3.05) is 6.61 Å². The second-order valence-electron chi connectivity index (χ2n) is 5.25. The lowest BCUT2D eigenvalue weighted by molar-refractivity contribution is 0.0526. The molecule has 0 spiro atoms. The number of oxazole rings is 1. The maximum absolute atomic E-state index is 11.8. The Bertz CT molecular complexity index is 948. The normalized spacial score (nSPS) is 11.0. The molecule has 0 aliphatic heterocycles. The summed E-state index contributed by atoms with van der Waals surface area (Å²) in [6, 6.07) is 13.5. The van der Waals surface area contributed by atoms with Gasteiger partial charge in [0.05, 0.1) is 24.1 Å². The number of esters is 1. The molecule has 0 unspecified atom stereocenters. The van der Waals surface area contributed by atoms with E-state index < -0.39 is 5.97 Å². The van der Waals surface area contributed by atoms with Gasteiger partial charge in [0.25, 0.3) is 0 Å². The van der Waals surface area contributed by atoms with E-state index in [9.17, 15) is 9.90 Å². The van der Waals surface area contributed by atoms with E-state index in [2.05, 4.69) is 9.98 Å². The van der Waals surface area contributed by atoms with Gasteiger partial charge in [-0.05, 0) is 49.4 Å². The van der Waals surface area contributed by atoms with Gasteiger partial charge in [0.1, 0.15) is 0 Å². The average Bonchev–Trinajstić information content (AvgIpc) is 3.02. The maximum Gasteiger partial charge on any atom is 0.338 e. The zero-order chi connectivity index (χ0) is 18.5. The van der Waals surface area contributed by atoms with Gasteiger partial charge in [-0.25, -0.2) is 9.78 Å². The lowest BCUT2D eigenvalue weighted by atomic mass is 10.2. The Kier molecular flexibility index (Phi) is 5.34. The highest BCUT2D eigenvalue weighted by Gasteiger charge is 2.12. The predicted molar refractivity (Wildman–Crippen MR) is 98.3 cm³/mol. The van der Waals surface area contributed by atoms with Gasteiger partial charge in [0, 0.05) is 10.6 Å². The Labute approximate surface area is 154 Å². The van der Waals surface area contributed by atoms with E-state index in [1.54, 1.807) is 55.5 Å². The number of hydrogen-bond donors (Lipinski definition) is 1. The SMILES string of the molecule is CCOC(=O)c1cccc(N=Cc2nc(-c3ccc(Cl)cc3)oc2O)c1. The van der Waals surface area contributed by atoms with Crippen molar-refractivity contribution < 1.29 is 19.1 Å². The van der Waals surface area contributed by atoms with Crippen LogP contribution in [0, 0.1) is 0 Å². The van der Waals surface area contributed by atoms with Gasteiger partial charge in [0.2, 0.25) is 5.89 Å². The topological polar surface area (TPSA) is 84.9 Å². The number of benzene rings is 2. The molecule has 26 heavy (non-hydrogen) atoms. The van der Waals surface area contributed by atoms with Gasteiger partial charge in [-0.15, -0.1) is 0 Å². The number of hydrogen-bond acceptors (Lipinski definition) is 6. The van der Waals surface area contributed by atoms with Crippen molar-refractivity contribution in [3.8, 4) is 17.4 Å². The molecule has 1 aromatic heterocycles. The molecular formula is C19H15ClN2O4. The molecule has 6 nitrogen and oxygen atoms in total. The molecule has 1 heterocycles. The Hall–Kier alpha value is -3.12. The molecule has 0 atom stereocenters. The highest BCUT2D eigenvalue weighted by Crippen LogP contribution is 2.27. The van der Waals surface area contributed by atoms with Gasteiger partial charge in [-0.2, -0.15) is 0 Å². The van der Waals surface area contributed by atoms with Crippen LogP contribution in [0.2, 0.25) is 5.02 Å². The highest BCUT2D eigenvalue weighted by molar-refractivity contribution is 6.30. The third-order valence-electron chi connectivity index (χ3n) is 3.42. The van der Waals surface area contributed by atoms with Crippen LogP contribution in [0.1, 0.15) is 23.0 Å². The van der Waals surface area contributed by atoms with Crippen LogP contribution in [0.3, 0.4) is 0 Å². The van der Waals surface area contributed by atoms with Crippen molar-refractivity contribution in [1.29, 1.82) is 0 Å². The van der Waals surface area contributed by atoms with E-state index in [1.807, 2.05) is 0 Å². The maximum atomic E-state index is 11.8. The minimum absolute atomic E-state index is 0.177. The number of carbonyl (C=O) groups is 1. The van der Waals surface area contributed by atoms with Crippen molar-refractivity contribution in [3.63, 3.8) is 0 Å². The fraction of sp³-hybridized carbons (Fsp3) is 0.105. The summed E-state index contributed by atoms with van der Waals surface area (Å²) in [5.74, 6) is -0.514. The molecule has 7 heteroatoms. The van der Waals surface area contributed by atoms with Gasteiger partial charge in [-0.1, -0.05) is 17.7 Å². The lowest BCUT2D eigenvalue weighted by Gasteiger charge is -2.01. The summed E-state index contributed by atoms with van der Waals surface area (Å²) in [6.07, 6.45) is 1.36. The second kappa shape index (κ2) is 7.84. The summed E-state index contributed by atoms with van der Waals surface area (Å²) in [4.78, 5) is 20.2. The van der Waals surface area contributed by atoms with Crippen LogP contribution in [-0.2, 0) is 4.74 Å². The van der Waals surface area contributed by atoms with Crippen LogP contribution < -0.4 is 0 Å². The van der Waals surface area contributed by atoms with Gasteiger partial charge in [0.15, 0.2) is 5.69 Å². The summed E-state index contributed by atoms with van der Waals surface area (Å²) in [5.41, 5.74) is 1.77.